The molecule has 0 saturated carbocycles. The average molecular weight is 278 g/mol. The first-order valence-electron chi connectivity index (χ1n) is 5.88. The quantitative estimate of drug-likeness (QED) is 0.847. The van der Waals surface area contributed by atoms with Crippen molar-refractivity contribution in [3.05, 3.63) is 22.6 Å². The fourth-order valence-corrected chi connectivity index (χ4v) is 3.82. The van der Waals surface area contributed by atoms with Crippen LogP contribution in [0, 0.1) is 6.92 Å². The maximum atomic E-state index is 8.97. The molecule has 1 aliphatic heterocycles. The van der Waals surface area contributed by atoms with E-state index in [0.717, 1.165) is 22.0 Å². The number of nitrogens with zero attached hydrogens (tertiary/aromatic N) is 1. The summed E-state index contributed by atoms with van der Waals surface area (Å²) in [4.78, 5) is 7.08. The van der Waals surface area contributed by atoms with E-state index in [0.29, 0.717) is 5.75 Å². The Hall–Kier alpha value is -1.04. The molecular weight excluding hydrogens is 264 g/mol. The number of pyridine rings is 1. The zero-order valence-corrected chi connectivity index (χ0v) is 11.7. The van der Waals surface area contributed by atoms with Crippen molar-refractivity contribution < 1.29 is 5.11 Å². The molecule has 1 aliphatic rings. The molecule has 0 saturated heterocycles. The smallest absolute Gasteiger partial charge is 0.126 e. The highest BCUT2D eigenvalue weighted by Gasteiger charge is 2.16. The van der Waals surface area contributed by atoms with E-state index < -0.39 is 0 Å². The molecule has 2 N–H and O–H groups in total. The highest BCUT2D eigenvalue weighted by Crippen LogP contribution is 2.38. The van der Waals surface area contributed by atoms with Crippen molar-refractivity contribution in [3.8, 4) is 0 Å². The van der Waals surface area contributed by atoms with Gasteiger partial charge in [-0.25, -0.2) is 4.98 Å². The Morgan fingerprint density at radius 2 is 2.44 bits per heavy atom. The third-order valence-electron chi connectivity index (χ3n) is 2.82. The maximum absolute atomic E-state index is 8.97. The van der Waals surface area contributed by atoms with Gasteiger partial charge >= 0.3 is 0 Å². The maximum Gasteiger partial charge on any atom is 0.126 e. The highest BCUT2D eigenvalue weighted by molar-refractivity contribution is 7.99. The monoisotopic (exact) mass is 278 g/mol. The number of aliphatic hydroxyl groups excluding tert-OH is 1. The summed E-state index contributed by atoms with van der Waals surface area (Å²) in [6.07, 6.45) is 4.24. The van der Waals surface area contributed by atoms with E-state index >= 15 is 0 Å². The number of fused-ring (bicyclic) bond motifs is 3. The van der Waals surface area contributed by atoms with Gasteiger partial charge in [0.2, 0.25) is 0 Å². The number of rotatable bonds is 3. The average Bonchev–Trinajstić information content (AvgIpc) is 2.76. The van der Waals surface area contributed by atoms with E-state index in [4.69, 9.17) is 10.1 Å². The number of nitrogens with one attached hydrogen (secondary N) is 1. The molecule has 0 aliphatic carbocycles. The predicted molar refractivity (Wildman–Crippen MR) is 79.7 cm³/mol. The number of hydrogen-bond acceptors (Lipinski definition) is 5. The molecule has 94 valence electrons. The van der Waals surface area contributed by atoms with E-state index in [1.165, 1.54) is 16.0 Å². The minimum atomic E-state index is 0.180. The van der Waals surface area contributed by atoms with Crippen LogP contribution in [0.25, 0.3) is 16.3 Å². The van der Waals surface area contributed by atoms with E-state index in [2.05, 4.69) is 30.5 Å². The van der Waals surface area contributed by atoms with Crippen molar-refractivity contribution in [3.63, 3.8) is 0 Å². The van der Waals surface area contributed by atoms with Crippen molar-refractivity contribution in [2.24, 2.45) is 0 Å². The van der Waals surface area contributed by atoms with E-state index in [1.54, 1.807) is 23.1 Å². The van der Waals surface area contributed by atoms with Crippen molar-refractivity contribution >= 4 is 45.1 Å². The van der Waals surface area contributed by atoms with Crippen LogP contribution in [-0.4, -0.2) is 29.0 Å². The molecule has 18 heavy (non-hydrogen) atoms. The largest absolute Gasteiger partial charge is 0.396 e. The normalized spacial score (nSPS) is 13.7. The predicted octanol–water partition coefficient (Wildman–Crippen LogP) is 3.13. The zero-order chi connectivity index (χ0) is 12.5. The van der Waals surface area contributed by atoms with E-state index in [9.17, 15) is 0 Å². The number of aromatic nitrogens is 1. The van der Waals surface area contributed by atoms with Crippen LogP contribution in [0.5, 0.6) is 0 Å². The van der Waals surface area contributed by atoms with Crippen LogP contribution in [0.1, 0.15) is 10.4 Å². The summed E-state index contributed by atoms with van der Waals surface area (Å²) in [7, 11) is 0. The third kappa shape index (κ3) is 2.02. The molecule has 3 heterocycles. The second kappa shape index (κ2) is 4.91. The minimum absolute atomic E-state index is 0.180. The molecule has 0 amide bonds. The minimum Gasteiger partial charge on any atom is -0.396 e. The lowest BCUT2D eigenvalue weighted by molar-refractivity contribution is 0.322. The SMILES string of the molecule is Cc1cc2c3c(c(SCCO)nc2s1)C=CCN3. The van der Waals surface area contributed by atoms with Crippen LogP contribution in [0.4, 0.5) is 5.69 Å². The lowest BCUT2D eigenvalue weighted by atomic mass is 10.1. The van der Waals surface area contributed by atoms with E-state index in [-0.39, 0.29) is 6.61 Å². The van der Waals surface area contributed by atoms with Gasteiger partial charge in [0.25, 0.3) is 0 Å². The molecule has 0 spiro atoms. The summed E-state index contributed by atoms with van der Waals surface area (Å²) in [6.45, 7) is 3.16. The van der Waals surface area contributed by atoms with Gasteiger partial charge in [-0.1, -0.05) is 12.2 Å². The van der Waals surface area contributed by atoms with Crippen LogP contribution in [0.15, 0.2) is 17.2 Å². The summed E-state index contributed by atoms with van der Waals surface area (Å²) >= 11 is 3.33. The lowest BCUT2D eigenvalue weighted by Gasteiger charge is -2.16. The Morgan fingerprint density at radius 3 is 3.28 bits per heavy atom. The fourth-order valence-electron chi connectivity index (χ4n) is 2.10. The molecule has 0 atom stereocenters. The summed E-state index contributed by atoms with van der Waals surface area (Å²) in [5.74, 6) is 0.684. The van der Waals surface area contributed by atoms with Crippen molar-refractivity contribution in [2.45, 2.75) is 11.9 Å². The number of hydrogen-bond donors (Lipinski definition) is 2. The van der Waals surface area contributed by atoms with Crippen LogP contribution >= 0.6 is 23.1 Å². The molecule has 0 radical (unpaired) electrons. The summed E-state index contributed by atoms with van der Waals surface area (Å²) in [5.41, 5.74) is 2.34. The molecule has 0 aromatic carbocycles. The van der Waals surface area contributed by atoms with Gasteiger partial charge in [-0.2, -0.15) is 0 Å². The molecule has 0 bridgehead atoms. The van der Waals surface area contributed by atoms with E-state index in [1.807, 2.05) is 0 Å². The molecular formula is C13H14N2OS2. The van der Waals surface area contributed by atoms with Gasteiger partial charge in [0, 0.05) is 28.1 Å². The number of anilines is 1. The Morgan fingerprint density at radius 1 is 1.56 bits per heavy atom. The summed E-state index contributed by atoms with van der Waals surface area (Å²) in [5, 5.41) is 14.6. The highest BCUT2D eigenvalue weighted by atomic mass is 32.2. The lowest BCUT2D eigenvalue weighted by Crippen LogP contribution is -2.07. The Labute approximate surface area is 114 Å². The third-order valence-corrected chi connectivity index (χ3v) is 4.73. The number of thiophene rings is 1. The fraction of sp³-hybridized carbons (Fsp3) is 0.308. The first-order chi connectivity index (χ1) is 8.79. The second-order valence-corrected chi connectivity index (χ2v) is 6.46. The van der Waals surface area contributed by atoms with Gasteiger partial charge in [0.15, 0.2) is 0 Å². The summed E-state index contributed by atoms with van der Waals surface area (Å²) < 4.78 is 0. The summed E-state index contributed by atoms with van der Waals surface area (Å²) in [6, 6.07) is 2.19. The molecule has 0 unspecified atom stereocenters. The second-order valence-electron chi connectivity index (χ2n) is 4.14. The number of aliphatic hydroxyl groups is 1. The van der Waals surface area contributed by atoms with Crippen LogP contribution in [0.2, 0.25) is 0 Å². The zero-order valence-electron chi connectivity index (χ0n) is 10.1. The van der Waals surface area contributed by atoms with Crippen molar-refractivity contribution in [2.75, 3.05) is 24.2 Å². The molecule has 2 aromatic heterocycles. The van der Waals surface area contributed by atoms with Gasteiger partial charge in [0.05, 0.1) is 12.3 Å². The molecule has 3 rings (SSSR count). The van der Waals surface area contributed by atoms with Crippen LogP contribution in [-0.2, 0) is 0 Å². The van der Waals surface area contributed by atoms with Gasteiger partial charge in [-0.05, 0) is 13.0 Å². The Kier molecular flexibility index (Phi) is 3.28. The Bertz CT molecular complexity index is 619. The number of thioether (sulfide) groups is 1. The van der Waals surface area contributed by atoms with Crippen LogP contribution in [0.3, 0.4) is 0 Å². The van der Waals surface area contributed by atoms with Crippen LogP contribution < -0.4 is 5.32 Å². The van der Waals surface area contributed by atoms with Crippen molar-refractivity contribution in [1.29, 1.82) is 0 Å². The molecule has 3 nitrogen and oxygen atoms in total. The molecule has 2 aromatic rings. The topological polar surface area (TPSA) is 45.2 Å². The molecule has 5 heteroatoms. The van der Waals surface area contributed by atoms with Gasteiger partial charge in [0.1, 0.15) is 9.86 Å². The van der Waals surface area contributed by atoms with Gasteiger partial charge in [-0.15, -0.1) is 23.1 Å². The molecule has 0 fully saturated rings. The first kappa shape index (κ1) is 12.0. The standard InChI is InChI=1S/C13H14N2OS2/c1-8-7-10-11-9(3-2-4-14-11)12(17-6-5-16)15-13(10)18-8/h2-3,7,14,16H,4-6H2,1H3. The number of aryl methyl sites for hydroxylation is 1. The Balaban J connectivity index is 2.20. The van der Waals surface area contributed by atoms with Crippen molar-refractivity contribution in [1.82, 2.24) is 4.98 Å². The first-order valence-corrected chi connectivity index (χ1v) is 7.68. The van der Waals surface area contributed by atoms with Gasteiger partial charge in [-0.3, -0.25) is 0 Å². The van der Waals surface area contributed by atoms with Gasteiger partial charge < -0.3 is 10.4 Å².